The SMILES string of the molecule is CCN(CC(=O)Nc1ccc2c(c1)OCCO2)C(=O)C(C)(C)c1ccc(Cl)c(Cl)c1. The molecule has 0 aromatic heterocycles. The molecular formula is C22H24Cl2N2O4. The monoisotopic (exact) mass is 450 g/mol. The second kappa shape index (κ2) is 9.14. The van der Waals surface area contributed by atoms with Crippen LogP contribution in [0.25, 0.3) is 0 Å². The molecule has 0 atom stereocenters. The minimum atomic E-state index is -0.873. The highest BCUT2D eigenvalue weighted by molar-refractivity contribution is 6.42. The van der Waals surface area contributed by atoms with Crippen LogP contribution in [0.2, 0.25) is 10.0 Å². The first-order chi connectivity index (χ1) is 14.2. The quantitative estimate of drug-likeness (QED) is 0.701. The van der Waals surface area contributed by atoms with Crippen LogP contribution in [0.1, 0.15) is 26.3 Å². The minimum Gasteiger partial charge on any atom is -0.486 e. The van der Waals surface area contributed by atoms with Gasteiger partial charge in [-0.15, -0.1) is 0 Å². The highest BCUT2D eigenvalue weighted by Crippen LogP contribution is 2.33. The molecule has 0 saturated carbocycles. The molecule has 0 fully saturated rings. The Morgan fingerprint density at radius 1 is 1.03 bits per heavy atom. The molecule has 0 radical (unpaired) electrons. The van der Waals surface area contributed by atoms with Gasteiger partial charge in [0.05, 0.1) is 22.0 Å². The molecule has 2 amide bonds. The van der Waals surface area contributed by atoms with Crippen molar-refractivity contribution < 1.29 is 19.1 Å². The van der Waals surface area contributed by atoms with Gasteiger partial charge in [0.1, 0.15) is 13.2 Å². The zero-order valence-corrected chi connectivity index (χ0v) is 18.6. The number of fused-ring (bicyclic) bond motifs is 1. The molecule has 0 spiro atoms. The van der Waals surface area contributed by atoms with Crippen molar-refractivity contribution in [2.45, 2.75) is 26.2 Å². The number of carbonyl (C=O) groups is 2. The van der Waals surface area contributed by atoms with Crippen molar-refractivity contribution in [2.24, 2.45) is 0 Å². The highest BCUT2D eigenvalue weighted by Gasteiger charge is 2.34. The van der Waals surface area contributed by atoms with Gasteiger partial charge in [-0.2, -0.15) is 0 Å². The number of anilines is 1. The zero-order valence-electron chi connectivity index (χ0n) is 17.1. The Balaban J connectivity index is 1.69. The van der Waals surface area contributed by atoms with Gasteiger partial charge < -0.3 is 19.7 Å². The number of nitrogens with one attached hydrogen (secondary N) is 1. The van der Waals surface area contributed by atoms with Crippen LogP contribution in [0.15, 0.2) is 36.4 Å². The van der Waals surface area contributed by atoms with E-state index in [4.69, 9.17) is 32.7 Å². The molecular weight excluding hydrogens is 427 g/mol. The van der Waals surface area contributed by atoms with Crippen molar-refractivity contribution in [1.82, 2.24) is 4.90 Å². The van der Waals surface area contributed by atoms with Crippen LogP contribution in [0, 0.1) is 0 Å². The van der Waals surface area contributed by atoms with Crippen LogP contribution in [-0.4, -0.2) is 43.0 Å². The molecule has 0 bridgehead atoms. The summed E-state index contributed by atoms with van der Waals surface area (Å²) in [5, 5.41) is 3.62. The lowest BCUT2D eigenvalue weighted by atomic mass is 9.83. The molecule has 30 heavy (non-hydrogen) atoms. The number of hydrogen-bond donors (Lipinski definition) is 1. The number of rotatable bonds is 6. The number of amides is 2. The van der Waals surface area contributed by atoms with Crippen molar-refractivity contribution in [3.63, 3.8) is 0 Å². The van der Waals surface area contributed by atoms with E-state index in [0.717, 1.165) is 5.56 Å². The normalized spacial score (nSPS) is 13.0. The lowest BCUT2D eigenvalue weighted by Gasteiger charge is -2.31. The van der Waals surface area contributed by atoms with E-state index in [9.17, 15) is 9.59 Å². The average Bonchev–Trinajstić information content (AvgIpc) is 2.73. The summed E-state index contributed by atoms with van der Waals surface area (Å²) >= 11 is 12.1. The first-order valence-corrected chi connectivity index (χ1v) is 10.4. The number of ether oxygens (including phenoxy) is 2. The molecule has 1 aliphatic heterocycles. The summed E-state index contributed by atoms with van der Waals surface area (Å²) in [4.78, 5) is 27.3. The number of benzene rings is 2. The third kappa shape index (κ3) is 4.82. The number of carbonyl (C=O) groups excluding carboxylic acids is 2. The van der Waals surface area contributed by atoms with Crippen LogP contribution < -0.4 is 14.8 Å². The fourth-order valence-electron chi connectivity index (χ4n) is 3.23. The van der Waals surface area contributed by atoms with Gasteiger partial charge in [-0.1, -0.05) is 29.3 Å². The van der Waals surface area contributed by atoms with Gasteiger partial charge in [0.15, 0.2) is 11.5 Å². The van der Waals surface area contributed by atoms with Gasteiger partial charge in [-0.05, 0) is 50.6 Å². The Labute approximate surface area is 186 Å². The van der Waals surface area contributed by atoms with Crippen molar-refractivity contribution >= 4 is 40.7 Å². The molecule has 1 heterocycles. The molecule has 160 valence electrons. The van der Waals surface area contributed by atoms with E-state index in [1.807, 2.05) is 6.92 Å². The fourth-order valence-corrected chi connectivity index (χ4v) is 3.52. The van der Waals surface area contributed by atoms with Crippen molar-refractivity contribution in [3.8, 4) is 11.5 Å². The third-order valence-corrected chi connectivity index (χ3v) is 5.74. The van der Waals surface area contributed by atoms with Crippen LogP contribution >= 0.6 is 23.2 Å². The van der Waals surface area contributed by atoms with Gasteiger partial charge in [-0.3, -0.25) is 9.59 Å². The van der Waals surface area contributed by atoms with Crippen LogP contribution in [-0.2, 0) is 15.0 Å². The number of hydrogen-bond acceptors (Lipinski definition) is 4. The third-order valence-electron chi connectivity index (χ3n) is 5.01. The predicted octanol–water partition coefficient (Wildman–Crippen LogP) is 4.53. The van der Waals surface area contributed by atoms with E-state index in [1.165, 1.54) is 4.90 Å². The molecule has 2 aromatic carbocycles. The topological polar surface area (TPSA) is 67.9 Å². The van der Waals surface area contributed by atoms with E-state index in [2.05, 4.69) is 5.32 Å². The van der Waals surface area contributed by atoms with Crippen LogP contribution in [0.5, 0.6) is 11.5 Å². The summed E-state index contributed by atoms with van der Waals surface area (Å²) in [5.74, 6) is 0.753. The maximum atomic E-state index is 13.2. The fraction of sp³-hybridized carbons (Fsp3) is 0.364. The Bertz CT molecular complexity index is 962. The van der Waals surface area contributed by atoms with Gasteiger partial charge in [0.25, 0.3) is 0 Å². The largest absolute Gasteiger partial charge is 0.486 e. The maximum Gasteiger partial charge on any atom is 0.243 e. The summed E-state index contributed by atoms with van der Waals surface area (Å²) in [7, 11) is 0. The van der Waals surface area contributed by atoms with E-state index in [-0.39, 0.29) is 18.4 Å². The van der Waals surface area contributed by atoms with E-state index in [0.29, 0.717) is 47.0 Å². The van der Waals surface area contributed by atoms with E-state index < -0.39 is 5.41 Å². The van der Waals surface area contributed by atoms with Gasteiger partial charge in [0.2, 0.25) is 11.8 Å². The zero-order chi connectivity index (χ0) is 21.9. The number of likely N-dealkylation sites (N-methyl/N-ethyl adjacent to an activating group) is 1. The molecule has 3 rings (SSSR count). The average molecular weight is 451 g/mol. The van der Waals surface area contributed by atoms with Gasteiger partial charge in [0, 0.05) is 18.3 Å². The molecule has 1 N–H and O–H groups in total. The van der Waals surface area contributed by atoms with Gasteiger partial charge in [-0.25, -0.2) is 0 Å². The van der Waals surface area contributed by atoms with Crippen molar-refractivity contribution in [1.29, 1.82) is 0 Å². The Hall–Kier alpha value is -2.44. The summed E-state index contributed by atoms with van der Waals surface area (Å²) in [6, 6.07) is 10.3. The smallest absolute Gasteiger partial charge is 0.243 e. The van der Waals surface area contributed by atoms with Crippen LogP contribution in [0.3, 0.4) is 0 Å². The first kappa shape index (κ1) is 22.2. The summed E-state index contributed by atoms with van der Waals surface area (Å²) in [5.41, 5.74) is 0.436. The predicted molar refractivity (Wildman–Crippen MR) is 118 cm³/mol. The summed E-state index contributed by atoms with van der Waals surface area (Å²) in [6.45, 7) is 6.71. The van der Waals surface area contributed by atoms with E-state index in [1.54, 1.807) is 50.2 Å². The molecule has 0 saturated heterocycles. The van der Waals surface area contributed by atoms with Crippen LogP contribution in [0.4, 0.5) is 5.69 Å². The Morgan fingerprint density at radius 3 is 2.40 bits per heavy atom. The number of nitrogens with zero attached hydrogens (tertiary/aromatic N) is 1. The lowest BCUT2D eigenvalue weighted by molar-refractivity contribution is -0.138. The van der Waals surface area contributed by atoms with E-state index >= 15 is 0 Å². The summed E-state index contributed by atoms with van der Waals surface area (Å²) in [6.07, 6.45) is 0. The molecule has 0 unspecified atom stereocenters. The maximum absolute atomic E-state index is 13.2. The second-order valence-corrected chi connectivity index (χ2v) is 8.29. The van der Waals surface area contributed by atoms with Crippen molar-refractivity contribution in [3.05, 3.63) is 52.0 Å². The summed E-state index contributed by atoms with van der Waals surface area (Å²) < 4.78 is 11.0. The lowest BCUT2D eigenvalue weighted by Crippen LogP contribution is -2.46. The van der Waals surface area contributed by atoms with Gasteiger partial charge >= 0.3 is 0 Å². The molecule has 2 aromatic rings. The molecule has 8 heteroatoms. The molecule has 0 aliphatic carbocycles. The van der Waals surface area contributed by atoms with Crippen molar-refractivity contribution in [2.75, 3.05) is 31.6 Å². The minimum absolute atomic E-state index is 0.0749. The Morgan fingerprint density at radius 2 is 1.73 bits per heavy atom. The molecule has 6 nitrogen and oxygen atoms in total. The first-order valence-electron chi connectivity index (χ1n) is 9.66. The standard InChI is InChI=1S/C22H24Cl2N2O4/c1-4-26(21(28)22(2,3)14-5-7-16(23)17(24)11-14)13-20(27)25-15-6-8-18-19(12-15)30-10-9-29-18/h5-8,11-12H,4,9-10,13H2,1-3H3,(H,25,27). The second-order valence-electron chi connectivity index (χ2n) is 7.48. The highest BCUT2D eigenvalue weighted by atomic mass is 35.5. The number of halogens is 2. The Kier molecular flexibility index (Phi) is 6.78. The molecule has 1 aliphatic rings.